The number of hydrogen-bond acceptors (Lipinski definition) is 1. The second-order valence-corrected chi connectivity index (χ2v) is 3.38. The summed E-state index contributed by atoms with van der Waals surface area (Å²) in [7, 11) is 2.11. The van der Waals surface area contributed by atoms with Gasteiger partial charge in [-0.05, 0) is 25.5 Å². The maximum atomic E-state index is 4.29. The number of fused-ring (bicyclic) bond motifs is 1. The first-order valence-corrected chi connectivity index (χ1v) is 4.64. The van der Waals surface area contributed by atoms with Crippen LogP contribution in [0.2, 0.25) is 0 Å². The highest BCUT2D eigenvalue weighted by atomic mass is 15.0. The third kappa shape index (κ3) is 1.13. The summed E-state index contributed by atoms with van der Waals surface area (Å²) >= 11 is 0. The predicted molar refractivity (Wildman–Crippen MR) is 54.8 cm³/mol. The summed E-state index contributed by atoms with van der Waals surface area (Å²) < 4.78 is 2.23. The van der Waals surface area contributed by atoms with Crippen molar-refractivity contribution in [3.8, 4) is 0 Å². The Morgan fingerprint density at radius 1 is 1.46 bits per heavy atom. The Labute approximate surface area is 78.2 Å². The fourth-order valence-corrected chi connectivity index (χ4v) is 1.89. The predicted octanol–water partition coefficient (Wildman–Crippen LogP) is 2.44. The lowest BCUT2D eigenvalue weighted by molar-refractivity contribution is 0.860. The quantitative estimate of drug-likeness (QED) is 0.649. The average Bonchev–Trinajstić information content (AvgIpc) is 2.44. The summed E-state index contributed by atoms with van der Waals surface area (Å²) in [5.41, 5.74) is 3.74. The summed E-state index contributed by atoms with van der Waals surface area (Å²) in [6.07, 6.45) is 2.95. The zero-order chi connectivity index (χ0) is 9.42. The molecule has 0 unspecified atom stereocenters. The van der Waals surface area contributed by atoms with Crippen LogP contribution in [0.15, 0.2) is 18.3 Å². The van der Waals surface area contributed by atoms with E-state index >= 15 is 0 Å². The number of aromatic nitrogens is 2. The standard InChI is InChI=1S/C11H14N2/c1-4-10-7-9-5-6-12-8(2)11(9)13(10)3/h5-7H,4H2,1-3H3. The van der Waals surface area contributed by atoms with Crippen LogP contribution in [-0.2, 0) is 13.5 Å². The molecule has 2 heteroatoms. The fourth-order valence-electron chi connectivity index (χ4n) is 1.89. The Hall–Kier alpha value is -1.31. The SMILES string of the molecule is CCc1cc2ccnc(C)c2n1C. The summed E-state index contributed by atoms with van der Waals surface area (Å²) in [6, 6.07) is 4.31. The van der Waals surface area contributed by atoms with Gasteiger partial charge in [0.1, 0.15) is 0 Å². The van der Waals surface area contributed by atoms with E-state index in [0.717, 1.165) is 12.1 Å². The second-order valence-electron chi connectivity index (χ2n) is 3.38. The molecule has 0 aromatic carbocycles. The van der Waals surface area contributed by atoms with Gasteiger partial charge in [-0.2, -0.15) is 0 Å². The van der Waals surface area contributed by atoms with Crippen LogP contribution in [0.5, 0.6) is 0 Å². The molecule has 0 aliphatic heterocycles. The van der Waals surface area contributed by atoms with E-state index in [1.807, 2.05) is 6.20 Å². The summed E-state index contributed by atoms with van der Waals surface area (Å²) in [6.45, 7) is 4.23. The van der Waals surface area contributed by atoms with Gasteiger partial charge < -0.3 is 4.57 Å². The van der Waals surface area contributed by atoms with Crippen LogP contribution in [0, 0.1) is 6.92 Å². The molecular formula is C11H14N2. The van der Waals surface area contributed by atoms with E-state index < -0.39 is 0 Å². The molecule has 2 aromatic heterocycles. The molecule has 68 valence electrons. The third-order valence-electron chi connectivity index (χ3n) is 2.59. The monoisotopic (exact) mass is 174 g/mol. The molecule has 0 radical (unpaired) electrons. The number of nitrogens with zero attached hydrogens (tertiary/aromatic N) is 2. The molecule has 2 rings (SSSR count). The first kappa shape index (κ1) is 8.30. The molecule has 0 atom stereocenters. The molecule has 0 aliphatic carbocycles. The molecule has 0 fully saturated rings. The minimum Gasteiger partial charge on any atom is -0.346 e. The van der Waals surface area contributed by atoms with E-state index in [0.29, 0.717) is 0 Å². The number of rotatable bonds is 1. The molecule has 0 saturated heterocycles. The van der Waals surface area contributed by atoms with E-state index in [4.69, 9.17) is 0 Å². The molecule has 0 spiro atoms. The Balaban J connectivity index is 2.85. The fraction of sp³-hybridized carbons (Fsp3) is 0.364. The Kier molecular flexibility index (Phi) is 1.83. The molecule has 0 N–H and O–H groups in total. The lowest BCUT2D eigenvalue weighted by Crippen LogP contribution is -1.95. The largest absolute Gasteiger partial charge is 0.346 e. The summed E-state index contributed by atoms with van der Waals surface area (Å²) in [4.78, 5) is 4.29. The van der Waals surface area contributed by atoms with Crippen molar-refractivity contribution in [2.45, 2.75) is 20.3 Å². The van der Waals surface area contributed by atoms with Crippen molar-refractivity contribution in [2.24, 2.45) is 7.05 Å². The number of aryl methyl sites for hydroxylation is 3. The van der Waals surface area contributed by atoms with E-state index in [1.54, 1.807) is 0 Å². The van der Waals surface area contributed by atoms with Crippen molar-refractivity contribution in [2.75, 3.05) is 0 Å². The van der Waals surface area contributed by atoms with Crippen LogP contribution in [-0.4, -0.2) is 9.55 Å². The molecule has 0 amide bonds. The molecule has 0 bridgehead atoms. The van der Waals surface area contributed by atoms with E-state index in [-0.39, 0.29) is 0 Å². The third-order valence-corrected chi connectivity index (χ3v) is 2.59. The maximum absolute atomic E-state index is 4.29. The molecule has 0 aliphatic rings. The van der Waals surface area contributed by atoms with Crippen molar-refractivity contribution >= 4 is 10.9 Å². The molecule has 2 nitrogen and oxygen atoms in total. The van der Waals surface area contributed by atoms with Crippen LogP contribution in [0.1, 0.15) is 18.3 Å². The first-order chi connectivity index (χ1) is 6.24. The van der Waals surface area contributed by atoms with Gasteiger partial charge >= 0.3 is 0 Å². The van der Waals surface area contributed by atoms with Crippen molar-refractivity contribution in [1.29, 1.82) is 0 Å². The Morgan fingerprint density at radius 3 is 2.85 bits per heavy atom. The van der Waals surface area contributed by atoms with E-state index in [1.165, 1.54) is 16.6 Å². The van der Waals surface area contributed by atoms with Crippen LogP contribution >= 0.6 is 0 Å². The Bertz CT molecular complexity index is 441. The van der Waals surface area contributed by atoms with Crippen LogP contribution in [0.25, 0.3) is 10.9 Å². The number of pyridine rings is 1. The van der Waals surface area contributed by atoms with Crippen molar-refractivity contribution in [3.05, 3.63) is 29.7 Å². The highest BCUT2D eigenvalue weighted by molar-refractivity contribution is 5.82. The maximum Gasteiger partial charge on any atom is 0.0696 e. The van der Waals surface area contributed by atoms with E-state index in [9.17, 15) is 0 Å². The van der Waals surface area contributed by atoms with E-state index in [2.05, 4.69) is 42.6 Å². The topological polar surface area (TPSA) is 17.8 Å². The van der Waals surface area contributed by atoms with Crippen molar-refractivity contribution in [1.82, 2.24) is 9.55 Å². The van der Waals surface area contributed by atoms with Crippen LogP contribution in [0.3, 0.4) is 0 Å². The van der Waals surface area contributed by atoms with Gasteiger partial charge in [0.05, 0.1) is 11.2 Å². The number of hydrogen-bond donors (Lipinski definition) is 0. The first-order valence-electron chi connectivity index (χ1n) is 4.64. The van der Waals surface area contributed by atoms with Crippen molar-refractivity contribution in [3.63, 3.8) is 0 Å². The zero-order valence-corrected chi connectivity index (χ0v) is 8.33. The highest BCUT2D eigenvalue weighted by Crippen LogP contribution is 2.20. The minimum atomic E-state index is 1.07. The average molecular weight is 174 g/mol. The van der Waals surface area contributed by atoms with Gasteiger partial charge in [0.25, 0.3) is 0 Å². The molecule has 13 heavy (non-hydrogen) atoms. The molecular weight excluding hydrogens is 160 g/mol. The lowest BCUT2D eigenvalue weighted by Gasteiger charge is -2.02. The van der Waals surface area contributed by atoms with Gasteiger partial charge in [0, 0.05) is 24.3 Å². The molecule has 0 saturated carbocycles. The van der Waals surface area contributed by atoms with Gasteiger partial charge in [-0.3, -0.25) is 4.98 Å². The normalized spacial score (nSPS) is 11.0. The van der Waals surface area contributed by atoms with Crippen molar-refractivity contribution < 1.29 is 0 Å². The minimum absolute atomic E-state index is 1.07. The smallest absolute Gasteiger partial charge is 0.0696 e. The molecule has 2 heterocycles. The Morgan fingerprint density at radius 2 is 2.23 bits per heavy atom. The van der Waals surface area contributed by atoms with Gasteiger partial charge in [0.2, 0.25) is 0 Å². The molecule has 2 aromatic rings. The summed E-state index contributed by atoms with van der Waals surface area (Å²) in [5.74, 6) is 0. The summed E-state index contributed by atoms with van der Waals surface area (Å²) in [5, 5.41) is 1.30. The highest BCUT2D eigenvalue weighted by Gasteiger charge is 2.05. The second kappa shape index (κ2) is 2.87. The van der Waals surface area contributed by atoms with Gasteiger partial charge in [0.15, 0.2) is 0 Å². The zero-order valence-electron chi connectivity index (χ0n) is 8.33. The van der Waals surface area contributed by atoms with Gasteiger partial charge in [-0.1, -0.05) is 6.92 Å². The lowest BCUT2D eigenvalue weighted by atomic mass is 10.2. The van der Waals surface area contributed by atoms with Crippen LogP contribution < -0.4 is 0 Å². The van der Waals surface area contributed by atoms with Gasteiger partial charge in [-0.15, -0.1) is 0 Å². The van der Waals surface area contributed by atoms with Crippen LogP contribution in [0.4, 0.5) is 0 Å². The van der Waals surface area contributed by atoms with Gasteiger partial charge in [-0.25, -0.2) is 0 Å².